The molecule has 0 amide bonds. The summed E-state index contributed by atoms with van der Waals surface area (Å²) in [6, 6.07) is 10.2. The van der Waals surface area contributed by atoms with Crippen LogP contribution in [-0.2, 0) is 11.2 Å². The molecule has 3 rings (SSSR count). The second-order valence-electron chi connectivity index (χ2n) is 8.21. The van der Waals surface area contributed by atoms with E-state index in [2.05, 4.69) is 30.4 Å². The van der Waals surface area contributed by atoms with Gasteiger partial charge in [0.1, 0.15) is 0 Å². The largest absolute Gasteiger partial charge is 0.481 e. The van der Waals surface area contributed by atoms with Crippen molar-refractivity contribution in [2.75, 3.05) is 0 Å². The van der Waals surface area contributed by atoms with E-state index in [0.717, 1.165) is 31.1 Å². The highest BCUT2D eigenvalue weighted by molar-refractivity contribution is 5.66. The van der Waals surface area contributed by atoms with Gasteiger partial charge in [0.05, 0.1) is 6.10 Å². The van der Waals surface area contributed by atoms with Crippen LogP contribution < -0.4 is 0 Å². The Morgan fingerprint density at radius 3 is 2.70 bits per heavy atom. The summed E-state index contributed by atoms with van der Waals surface area (Å²) >= 11 is 0. The lowest BCUT2D eigenvalue weighted by atomic mass is 9.77. The first-order valence-electron chi connectivity index (χ1n) is 10.4. The molecule has 2 bridgehead atoms. The zero-order chi connectivity index (χ0) is 19.1. The number of aliphatic carboxylic acids is 1. The number of allylic oxidation sites excluding steroid dienone is 3. The SMILES string of the molecule is O=C(O)CCCC=CC[C@@H]1[C@@H]2CC[C@@H](C2)[C@@H]1C=CC(O)Cc1ccccc1. The Hall–Kier alpha value is -1.87. The number of fused-ring (bicyclic) bond motifs is 2. The van der Waals surface area contributed by atoms with E-state index in [1.54, 1.807) is 0 Å². The van der Waals surface area contributed by atoms with Crippen LogP contribution in [0.4, 0.5) is 0 Å². The standard InChI is InChI=1S/C24H32O3/c25-21(16-18-8-4-3-5-9-18)14-15-23-20-13-12-19(17-20)22(23)10-6-1-2-7-11-24(26)27/h1,3-6,8-9,14-15,19-23,25H,2,7,10-13,16-17H2,(H,26,27)/t19-,20+,21?,22-,23+/m1/s1. The lowest BCUT2D eigenvalue weighted by molar-refractivity contribution is -0.137. The monoisotopic (exact) mass is 368 g/mol. The molecule has 1 unspecified atom stereocenters. The summed E-state index contributed by atoms with van der Waals surface area (Å²) < 4.78 is 0. The van der Waals surface area contributed by atoms with Crippen molar-refractivity contribution in [2.24, 2.45) is 23.7 Å². The molecule has 146 valence electrons. The summed E-state index contributed by atoms with van der Waals surface area (Å²) in [6.07, 6.45) is 15.9. The lowest BCUT2D eigenvalue weighted by Crippen LogP contribution is -2.21. The molecule has 0 spiro atoms. The lowest BCUT2D eigenvalue weighted by Gasteiger charge is -2.28. The topological polar surface area (TPSA) is 57.5 Å². The average Bonchev–Trinajstić information content (AvgIpc) is 3.25. The normalized spacial score (nSPS) is 28.3. The number of aliphatic hydroxyl groups excluding tert-OH is 1. The predicted molar refractivity (Wildman–Crippen MR) is 108 cm³/mol. The van der Waals surface area contributed by atoms with E-state index in [1.807, 2.05) is 24.3 Å². The fraction of sp³-hybridized carbons (Fsp3) is 0.542. The van der Waals surface area contributed by atoms with Crippen LogP contribution in [0.5, 0.6) is 0 Å². The van der Waals surface area contributed by atoms with Crippen LogP contribution in [0.2, 0.25) is 0 Å². The summed E-state index contributed by atoms with van der Waals surface area (Å²) in [7, 11) is 0. The Morgan fingerprint density at radius 2 is 1.93 bits per heavy atom. The van der Waals surface area contributed by atoms with E-state index in [9.17, 15) is 9.90 Å². The highest BCUT2D eigenvalue weighted by Crippen LogP contribution is 2.54. The Balaban J connectivity index is 1.50. The Bertz CT molecular complexity index is 649. The number of hydrogen-bond acceptors (Lipinski definition) is 2. The zero-order valence-electron chi connectivity index (χ0n) is 16.0. The van der Waals surface area contributed by atoms with Crippen molar-refractivity contribution in [2.45, 2.75) is 57.5 Å². The van der Waals surface area contributed by atoms with E-state index >= 15 is 0 Å². The third kappa shape index (κ3) is 5.80. The molecule has 0 saturated heterocycles. The molecule has 0 heterocycles. The van der Waals surface area contributed by atoms with Crippen molar-refractivity contribution in [3.63, 3.8) is 0 Å². The number of benzene rings is 1. The summed E-state index contributed by atoms with van der Waals surface area (Å²) in [4.78, 5) is 10.6. The van der Waals surface area contributed by atoms with Crippen molar-refractivity contribution >= 4 is 5.97 Å². The molecule has 2 fully saturated rings. The molecule has 1 aromatic carbocycles. The zero-order valence-corrected chi connectivity index (χ0v) is 16.0. The van der Waals surface area contributed by atoms with Gasteiger partial charge in [-0.15, -0.1) is 0 Å². The quantitative estimate of drug-likeness (QED) is 0.451. The minimum absolute atomic E-state index is 0.253. The molecule has 1 aromatic rings. The van der Waals surface area contributed by atoms with E-state index in [-0.39, 0.29) is 6.42 Å². The second kappa shape index (κ2) is 9.89. The van der Waals surface area contributed by atoms with E-state index < -0.39 is 12.1 Å². The minimum Gasteiger partial charge on any atom is -0.481 e. The molecular weight excluding hydrogens is 336 g/mol. The van der Waals surface area contributed by atoms with Gasteiger partial charge in [-0.1, -0.05) is 54.6 Å². The van der Waals surface area contributed by atoms with Gasteiger partial charge in [-0.2, -0.15) is 0 Å². The maximum Gasteiger partial charge on any atom is 0.303 e. The van der Waals surface area contributed by atoms with Crippen LogP contribution in [0.15, 0.2) is 54.6 Å². The summed E-state index contributed by atoms with van der Waals surface area (Å²) in [5.74, 6) is 2.15. The summed E-state index contributed by atoms with van der Waals surface area (Å²) in [5.41, 5.74) is 1.17. The molecule has 2 aliphatic carbocycles. The summed E-state index contributed by atoms with van der Waals surface area (Å²) in [6.45, 7) is 0. The first-order valence-corrected chi connectivity index (χ1v) is 10.4. The van der Waals surface area contributed by atoms with Gasteiger partial charge >= 0.3 is 5.97 Å². The fourth-order valence-electron chi connectivity index (χ4n) is 5.03. The molecule has 2 N–H and O–H groups in total. The molecule has 0 radical (unpaired) electrons. The van der Waals surface area contributed by atoms with Crippen LogP contribution in [0, 0.1) is 23.7 Å². The van der Waals surface area contributed by atoms with Gasteiger partial charge in [-0.3, -0.25) is 4.79 Å². The van der Waals surface area contributed by atoms with Crippen LogP contribution in [0.3, 0.4) is 0 Å². The van der Waals surface area contributed by atoms with Crippen LogP contribution >= 0.6 is 0 Å². The smallest absolute Gasteiger partial charge is 0.303 e. The molecule has 3 nitrogen and oxygen atoms in total. The van der Waals surface area contributed by atoms with E-state index in [1.165, 1.54) is 24.8 Å². The second-order valence-corrected chi connectivity index (χ2v) is 8.21. The Kier molecular flexibility index (Phi) is 7.28. The van der Waals surface area contributed by atoms with Crippen molar-refractivity contribution < 1.29 is 15.0 Å². The molecule has 2 saturated carbocycles. The molecular formula is C24H32O3. The molecule has 3 heteroatoms. The van der Waals surface area contributed by atoms with Crippen LogP contribution in [0.25, 0.3) is 0 Å². The maximum atomic E-state index is 10.6. The fourth-order valence-corrected chi connectivity index (χ4v) is 5.03. The number of carbonyl (C=O) groups is 1. The molecule has 0 aliphatic heterocycles. The summed E-state index contributed by atoms with van der Waals surface area (Å²) in [5, 5.41) is 19.1. The van der Waals surface area contributed by atoms with Gasteiger partial charge in [0.25, 0.3) is 0 Å². The van der Waals surface area contributed by atoms with Crippen molar-refractivity contribution in [1.82, 2.24) is 0 Å². The first kappa shape index (κ1) is 19.9. The van der Waals surface area contributed by atoms with Gasteiger partial charge in [-0.25, -0.2) is 0 Å². The van der Waals surface area contributed by atoms with Crippen molar-refractivity contribution in [3.8, 4) is 0 Å². The number of carboxylic acid groups (broad SMARTS) is 1. The number of rotatable bonds is 10. The van der Waals surface area contributed by atoms with Gasteiger partial charge in [0, 0.05) is 12.8 Å². The number of unbranched alkanes of at least 4 members (excludes halogenated alkanes) is 1. The van der Waals surface area contributed by atoms with Crippen molar-refractivity contribution in [1.29, 1.82) is 0 Å². The molecule has 0 aromatic heterocycles. The van der Waals surface area contributed by atoms with E-state index in [0.29, 0.717) is 18.3 Å². The Labute approximate surface area is 162 Å². The first-order chi connectivity index (χ1) is 13.1. The van der Waals surface area contributed by atoms with Crippen molar-refractivity contribution in [3.05, 3.63) is 60.2 Å². The molecule has 5 atom stereocenters. The number of aliphatic hydroxyl groups is 1. The van der Waals surface area contributed by atoms with Gasteiger partial charge in [0.15, 0.2) is 0 Å². The molecule has 2 aliphatic rings. The third-order valence-electron chi connectivity index (χ3n) is 6.34. The Morgan fingerprint density at radius 1 is 1.15 bits per heavy atom. The third-order valence-corrected chi connectivity index (χ3v) is 6.34. The van der Waals surface area contributed by atoms with Gasteiger partial charge in [-0.05, 0) is 67.8 Å². The van der Waals surface area contributed by atoms with E-state index in [4.69, 9.17) is 5.11 Å². The van der Waals surface area contributed by atoms with Gasteiger partial charge in [0.2, 0.25) is 0 Å². The average molecular weight is 369 g/mol. The van der Waals surface area contributed by atoms with Crippen LogP contribution in [-0.4, -0.2) is 22.3 Å². The predicted octanol–water partition coefficient (Wildman–Crippen LogP) is 5.01. The highest BCUT2D eigenvalue weighted by Gasteiger charge is 2.45. The number of hydrogen-bond donors (Lipinski definition) is 2. The molecule has 27 heavy (non-hydrogen) atoms. The van der Waals surface area contributed by atoms with Gasteiger partial charge < -0.3 is 10.2 Å². The minimum atomic E-state index is -0.712. The van der Waals surface area contributed by atoms with Crippen LogP contribution in [0.1, 0.15) is 50.5 Å². The number of carboxylic acids is 1. The highest BCUT2D eigenvalue weighted by atomic mass is 16.4. The maximum absolute atomic E-state index is 10.6.